The van der Waals surface area contributed by atoms with Crippen molar-refractivity contribution in [2.75, 3.05) is 13.1 Å². The second-order valence-corrected chi connectivity index (χ2v) is 2.69. The van der Waals surface area contributed by atoms with Gasteiger partial charge in [-0.3, -0.25) is 4.99 Å². The molecule has 6 heteroatoms. The molecule has 1 heterocycles. The Morgan fingerprint density at radius 3 is 2.77 bits per heavy atom. The third-order valence-electron chi connectivity index (χ3n) is 2.00. The number of aliphatic hydroxyl groups is 1. The van der Waals surface area contributed by atoms with Crippen LogP contribution in [0, 0.1) is 0 Å². The summed E-state index contributed by atoms with van der Waals surface area (Å²) in [7, 11) is 0. The molecular weight excluding hydrogens is 183 g/mol. The van der Waals surface area contributed by atoms with E-state index in [-0.39, 0.29) is 37.4 Å². The molecule has 1 aliphatic heterocycles. The monoisotopic (exact) mass is 196 g/mol. The van der Waals surface area contributed by atoms with Gasteiger partial charge >= 0.3 is 35.5 Å². The van der Waals surface area contributed by atoms with Crippen LogP contribution in [0.25, 0.3) is 0 Å². The maximum absolute atomic E-state index is 10.7. The average Bonchev–Trinajstić information content (AvgIpc) is 2.54. The van der Waals surface area contributed by atoms with Crippen LogP contribution in [0.2, 0.25) is 0 Å². The third-order valence-corrected chi connectivity index (χ3v) is 2.00. The summed E-state index contributed by atoms with van der Waals surface area (Å²) >= 11 is 0. The van der Waals surface area contributed by atoms with E-state index in [1.165, 1.54) is 11.2 Å². The molecule has 0 aromatic rings. The summed E-state index contributed by atoms with van der Waals surface area (Å²) in [5.41, 5.74) is -1.78. The topological polar surface area (TPSA) is 73.1 Å². The summed E-state index contributed by atoms with van der Waals surface area (Å²) < 4.78 is 0. The van der Waals surface area contributed by atoms with Gasteiger partial charge in [0.15, 0.2) is 0 Å². The number of nitrogens with zero attached hydrogens (tertiary/aromatic N) is 2. The number of hydrogen-bond acceptors (Lipinski definition) is 4. The van der Waals surface area contributed by atoms with Crippen LogP contribution in [-0.2, 0) is 4.79 Å². The Kier molecular flexibility index (Phi) is 4.91. The van der Waals surface area contributed by atoms with Crippen LogP contribution in [-0.4, -0.2) is 46.2 Å². The molecule has 0 fully saturated rings. The van der Waals surface area contributed by atoms with Crippen molar-refractivity contribution >= 4 is 12.3 Å². The van der Waals surface area contributed by atoms with Crippen molar-refractivity contribution in [3.8, 4) is 0 Å². The van der Waals surface area contributed by atoms with Crippen molar-refractivity contribution in [2.24, 2.45) is 4.99 Å². The first-order valence-electron chi connectivity index (χ1n) is 3.83. The molecule has 0 aliphatic carbocycles. The van der Waals surface area contributed by atoms with E-state index in [4.69, 9.17) is 5.11 Å². The van der Waals surface area contributed by atoms with Crippen LogP contribution < -0.4 is 29.6 Å². The first kappa shape index (κ1) is 12.9. The van der Waals surface area contributed by atoms with Gasteiger partial charge in [-0.1, -0.05) is 6.92 Å². The zero-order valence-electron chi connectivity index (χ0n) is 8.90. The molecule has 2 N–H and O–H groups in total. The molecule has 1 unspecified atom stereocenters. The van der Waals surface area contributed by atoms with E-state index >= 15 is 0 Å². The average molecular weight is 196 g/mol. The number of carboxylic acid groups (broad SMARTS) is 1. The van der Waals surface area contributed by atoms with Gasteiger partial charge in [0.25, 0.3) is 0 Å². The van der Waals surface area contributed by atoms with E-state index in [0.717, 1.165) is 0 Å². The van der Waals surface area contributed by atoms with E-state index in [0.29, 0.717) is 13.1 Å². The molecule has 1 rings (SSSR count). The quantitative estimate of drug-likeness (QED) is 0.462. The van der Waals surface area contributed by atoms with Gasteiger partial charge in [-0.15, -0.1) is 0 Å². The first-order valence-corrected chi connectivity index (χ1v) is 3.83. The molecule has 0 saturated carbocycles. The van der Waals surface area contributed by atoms with Gasteiger partial charge in [0.05, 0.1) is 12.9 Å². The molecule has 1 atom stereocenters. The fourth-order valence-electron chi connectivity index (χ4n) is 1.14. The summed E-state index contributed by atoms with van der Waals surface area (Å²) in [6.07, 6.45) is 1.53. The number of aliphatic imine (C=N–C) groups is 1. The van der Waals surface area contributed by atoms with Crippen LogP contribution in [0.5, 0.6) is 0 Å². The van der Waals surface area contributed by atoms with Gasteiger partial charge in [-0.2, -0.15) is 0 Å². The predicted octanol–water partition coefficient (Wildman–Crippen LogP) is -3.37. The van der Waals surface area contributed by atoms with Crippen LogP contribution in [0.4, 0.5) is 0 Å². The minimum Gasteiger partial charge on any atom is -1.00 e. The van der Waals surface area contributed by atoms with E-state index in [9.17, 15) is 9.90 Å². The predicted molar refractivity (Wildman–Crippen MR) is 44.1 cm³/mol. The zero-order valence-corrected chi connectivity index (χ0v) is 9.90. The second-order valence-electron chi connectivity index (χ2n) is 2.69. The Morgan fingerprint density at radius 2 is 2.46 bits per heavy atom. The number of aliphatic carboxylic acids is 1. The summed E-state index contributed by atoms with van der Waals surface area (Å²) in [6.45, 7) is 2.65. The molecule has 13 heavy (non-hydrogen) atoms. The normalized spacial score (nSPS) is 19.4. The molecular formula is C7H13N2NaO3. The summed E-state index contributed by atoms with van der Waals surface area (Å²) in [6, 6.07) is 0. The standard InChI is InChI=1S/C7H12N2O3.Na.H/c1-2-7(12,6(10)11)9-4-3-8-5-9;;/h5,12H,2-4H2,1H3,(H,10,11);;/q;+1;-1. The van der Waals surface area contributed by atoms with E-state index in [2.05, 4.69) is 4.99 Å². The Balaban J connectivity index is 0. The maximum atomic E-state index is 10.7. The molecule has 0 bridgehead atoms. The Labute approximate surface area is 100 Å². The summed E-state index contributed by atoms with van der Waals surface area (Å²) in [4.78, 5) is 15.9. The number of hydrogen-bond donors (Lipinski definition) is 2. The fourth-order valence-corrected chi connectivity index (χ4v) is 1.14. The molecule has 0 aromatic carbocycles. The van der Waals surface area contributed by atoms with Crippen molar-refractivity contribution in [3.63, 3.8) is 0 Å². The van der Waals surface area contributed by atoms with Gasteiger partial charge in [0.2, 0.25) is 5.72 Å². The van der Waals surface area contributed by atoms with Crippen molar-refractivity contribution in [3.05, 3.63) is 0 Å². The largest absolute Gasteiger partial charge is 1.00 e. The SMILES string of the molecule is CCC(O)(C(=O)O)N1C=NCC1.[H-].[Na+]. The molecule has 0 aromatic heterocycles. The Hall–Kier alpha value is -0.100. The maximum Gasteiger partial charge on any atom is 1.00 e. The van der Waals surface area contributed by atoms with E-state index < -0.39 is 11.7 Å². The Morgan fingerprint density at radius 1 is 1.85 bits per heavy atom. The number of carbonyl (C=O) groups is 1. The minimum atomic E-state index is -1.78. The molecule has 5 nitrogen and oxygen atoms in total. The van der Waals surface area contributed by atoms with E-state index in [1.54, 1.807) is 6.92 Å². The summed E-state index contributed by atoms with van der Waals surface area (Å²) in [5.74, 6) is -1.22. The molecule has 70 valence electrons. The van der Waals surface area contributed by atoms with Gasteiger partial charge in [-0.05, 0) is 0 Å². The number of rotatable bonds is 3. The molecule has 0 saturated heterocycles. The van der Waals surface area contributed by atoms with Crippen molar-refractivity contribution in [2.45, 2.75) is 19.1 Å². The molecule has 0 radical (unpaired) electrons. The van der Waals surface area contributed by atoms with Crippen molar-refractivity contribution in [1.82, 2.24) is 4.90 Å². The number of carboxylic acids is 1. The summed E-state index contributed by atoms with van der Waals surface area (Å²) in [5, 5.41) is 18.4. The van der Waals surface area contributed by atoms with Crippen LogP contribution >= 0.6 is 0 Å². The molecule has 0 amide bonds. The zero-order chi connectivity index (χ0) is 9.19. The van der Waals surface area contributed by atoms with Crippen molar-refractivity contribution < 1.29 is 46.0 Å². The van der Waals surface area contributed by atoms with Gasteiger partial charge in [0, 0.05) is 13.0 Å². The van der Waals surface area contributed by atoms with Gasteiger partial charge < -0.3 is 16.5 Å². The molecule has 0 spiro atoms. The smallest absolute Gasteiger partial charge is 1.00 e. The molecule has 1 aliphatic rings. The third kappa shape index (κ3) is 2.43. The van der Waals surface area contributed by atoms with Crippen molar-refractivity contribution in [1.29, 1.82) is 0 Å². The minimum absolute atomic E-state index is 0. The van der Waals surface area contributed by atoms with Gasteiger partial charge in [-0.25, -0.2) is 4.79 Å². The van der Waals surface area contributed by atoms with E-state index in [1.807, 2.05) is 0 Å². The van der Waals surface area contributed by atoms with Crippen LogP contribution in [0.1, 0.15) is 14.8 Å². The van der Waals surface area contributed by atoms with Gasteiger partial charge in [0.1, 0.15) is 0 Å². The van der Waals surface area contributed by atoms with Crippen LogP contribution in [0.3, 0.4) is 0 Å². The first-order chi connectivity index (χ1) is 5.61. The Bertz CT molecular complexity index is 227. The second kappa shape index (κ2) is 4.95. The fraction of sp³-hybridized carbons (Fsp3) is 0.714. The van der Waals surface area contributed by atoms with Crippen LogP contribution in [0.15, 0.2) is 4.99 Å².